The Morgan fingerprint density at radius 3 is 2.40 bits per heavy atom. The SMILES string of the molecule is CNc1nc(Nc2ccc(CC#N)cc2)c(F)cc1F. The molecule has 0 amide bonds. The van der Waals surface area contributed by atoms with E-state index in [0.29, 0.717) is 12.1 Å². The van der Waals surface area contributed by atoms with Gasteiger partial charge in [-0.05, 0) is 17.7 Å². The van der Waals surface area contributed by atoms with E-state index in [9.17, 15) is 8.78 Å². The standard InChI is InChI=1S/C14H12F2N4/c1-18-13-11(15)8-12(16)14(20-13)19-10-4-2-9(3-5-10)6-7-17/h2-5,8H,6H2,1H3,(H2,18,19,20). The summed E-state index contributed by atoms with van der Waals surface area (Å²) in [5.74, 6) is -1.62. The molecule has 0 aliphatic heterocycles. The lowest BCUT2D eigenvalue weighted by Gasteiger charge is -2.09. The molecule has 2 rings (SSSR count). The third-order valence-corrected chi connectivity index (χ3v) is 2.67. The Morgan fingerprint density at radius 2 is 1.80 bits per heavy atom. The van der Waals surface area contributed by atoms with Gasteiger partial charge in [-0.3, -0.25) is 0 Å². The third-order valence-electron chi connectivity index (χ3n) is 2.67. The molecule has 1 aromatic heterocycles. The lowest BCUT2D eigenvalue weighted by atomic mass is 10.1. The molecule has 0 bridgehead atoms. The molecule has 2 N–H and O–H groups in total. The van der Waals surface area contributed by atoms with E-state index in [-0.39, 0.29) is 11.6 Å². The van der Waals surface area contributed by atoms with E-state index in [0.717, 1.165) is 11.6 Å². The van der Waals surface area contributed by atoms with Crippen molar-refractivity contribution >= 4 is 17.3 Å². The Morgan fingerprint density at radius 1 is 1.15 bits per heavy atom. The van der Waals surface area contributed by atoms with Crippen molar-refractivity contribution in [1.29, 1.82) is 5.26 Å². The number of hydrogen-bond acceptors (Lipinski definition) is 4. The molecule has 0 radical (unpaired) electrons. The van der Waals surface area contributed by atoms with Crippen LogP contribution in [0, 0.1) is 23.0 Å². The normalized spacial score (nSPS) is 9.90. The number of halogens is 2. The van der Waals surface area contributed by atoms with Crippen molar-refractivity contribution in [3.63, 3.8) is 0 Å². The molecule has 0 spiro atoms. The molecule has 1 aromatic carbocycles. The molecule has 102 valence electrons. The summed E-state index contributed by atoms with van der Waals surface area (Å²) in [6.07, 6.45) is 0.313. The average Bonchev–Trinajstić information content (AvgIpc) is 2.44. The molecule has 0 unspecified atom stereocenters. The van der Waals surface area contributed by atoms with Crippen molar-refractivity contribution in [2.75, 3.05) is 17.7 Å². The molecule has 0 aliphatic rings. The van der Waals surface area contributed by atoms with Crippen molar-refractivity contribution in [3.05, 3.63) is 47.5 Å². The Balaban J connectivity index is 2.23. The molecular weight excluding hydrogens is 262 g/mol. The van der Waals surface area contributed by atoms with E-state index in [1.807, 2.05) is 6.07 Å². The van der Waals surface area contributed by atoms with Crippen LogP contribution >= 0.6 is 0 Å². The highest BCUT2D eigenvalue weighted by atomic mass is 19.1. The van der Waals surface area contributed by atoms with Crippen LogP contribution < -0.4 is 10.6 Å². The first-order valence-electron chi connectivity index (χ1n) is 5.90. The van der Waals surface area contributed by atoms with Crippen molar-refractivity contribution in [3.8, 4) is 6.07 Å². The van der Waals surface area contributed by atoms with Crippen LogP contribution in [0.15, 0.2) is 30.3 Å². The predicted octanol–water partition coefficient (Wildman–Crippen LogP) is 3.21. The number of nitrogens with one attached hydrogen (secondary N) is 2. The van der Waals surface area contributed by atoms with Gasteiger partial charge in [0.25, 0.3) is 0 Å². The lowest BCUT2D eigenvalue weighted by Crippen LogP contribution is -2.03. The average molecular weight is 274 g/mol. The zero-order chi connectivity index (χ0) is 14.5. The maximum atomic E-state index is 13.6. The summed E-state index contributed by atoms with van der Waals surface area (Å²) in [7, 11) is 1.50. The number of hydrogen-bond donors (Lipinski definition) is 2. The Labute approximate surface area is 115 Å². The molecule has 6 heteroatoms. The van der Waals surface area contributed by atoms with Crippen LogP contribution in [0.5, 0.6) is 0 Å². The second kappa shape index (κ2) is 5.97. The van der Waals surface area contributed by atoms with Gasteiger partial charge in [-0.25, -0.2) is 13.8 Å². The fourth-order valence-electron chi connectivity index (χ4n) is 1.66. The first kappa shape index (κ1) is 13.7. The van der Waals surface area contributed by atoms with E-state index in [1.165, 1.54) is 7.05 Å². The Bertz CT molecular complexity index is 647. The number of pyridine rings is 1. The number of rotatable bonds is 4. The number of aromatic nitrogens is 1. The molecular formula is C14H12F2N4. The third kappa shape index (κ3) is 3.01. The zero-order valence-corrected chi connectivity index (χ0v) is 10.7. The van der Waals surface area contributed by atoms with Gasteiger partial charge in [-0.2, -0.15) is 5.26 Å². The second-order valence-electron chi connectivity index (χ2n) is 4.06. The van der Waals surface area contributed by atoms with Gasteiger partial charge in [-0.15, -0.1) is 0 Å². The molecule has 4 nitrogen and oxygen atoms in total. The van der Waals surface area contributed by atoms with Gasteiger partial charge >= 0.3 is 0 Å². The molecule has 0 aliphatic carbocycles. The zero-order valence-electron chi connectivity index (χ0n) is 10.7. The van der Waals surface area contributed by atoms with E-state index in [2.05, 4.69) is 15.6 Å². The van der Waals surface area contributed by atoms with Crippen LogP contribution in [0.25, 0.3) is 0 Å². The van der Waals surface area contributed by atoms with Crippen molar-refractivity contribution in [2.24, 2.45) is 0 Å². The monoisotopic (exact) mass is 274 g/mol. The number of benzene rings is 1. The lowest BCUT2D eigenvalue weighted by molar-refractivity contribution is 0.580. The van der Waals surface area contributed by atoms with Gasteiger partial charge in [0.2, 0.25) is 0 Å². The molecule has 1 heterocycles. The summed E-state index contributed by atoms with van der Waals surface area (Å²) in [4.78, 5) is 3.82. The minimum absolute atomic E-state index is 0.0324. The highest BCUT2D eigenvalue weighted by Gasteiger charge is 2.11. The molecule has 2 aromatic rings. The van der Waals surface area contributed by atoms with Crippen LogP contribution in [0.3, 0.4) is 0 Å². The Hall–Kier alpha value is -2.68. The maximum absolute atomic E-state index is 13.6. The van der Waals surface area contributed by atoms with E-state index >= 15 is 0 Å². The summed E-state index contributed by atoms with van der Waals surface area (Å²) in [5, 5.41) is 13.9. The van der Waals surface area contributed by atoms with Gasteiger partial charge in [-0.1, -0.05) is 12.1 Å². The minimum atomic E-state index is -0.775. The van der Waals surface area contributed by atoms with E-state index in [4.69, 9.17) is 5.26 Å². The van der Waals surface area contributed by atoms with Gasteiger partial charge in [0.15, 0.2) is 23.3 Å². The quantitative estimate of drug-likeness (QED) is 0.898. The first-order chi connectivity index (χ1) is 9.63. The van der Waals surface area contributed by atoms with Crippen LogP contribution in [0.1, 0.15) is 5.56 Å². The Kier molecular flexibility index (Phi) is 4.11. The first-order valence-corrected chi connectivity index (χ1v) is 5.90. The van der Waals surface area contributed by atoms with Gasteiger partial charge < -0.3 is 10.6 Å². The molecule has 0 saturated carbocycles. The number of anilines is 3. The minimum Gasteiger partial charge on any atom is -0.371 e. The predicted molar refractivity (Wildman–Crippen MR) is 72.7 cm³/mol. The topological polar surface area (TPSA) is 60.7 Å². The van der Waals surface area contributed by atoms with Crippen molar-refractivity contribution in [1.82, 2.24) is 4.98 Å². The molecule has 0 atom stereocenters. The van der Waals surface area contributed by atoms with Crippen molar-refractivity contribution < 1.29 is 8.78 Å². The van der Waals surface area contributed by atoms with Gasteiger partial charge in [0.05, 0.1) is 12.5 Å². The molecule has 20 heavy (non-hydrogen) atoms. The van der Waals surface area contributed by atoms with Gasteiger partial charge in [0.1, 0.15) is 0 Å². The van der Waals surface area contributed by atoms with Crippen LogP contribution in [0.4, 0.5) is 26.1 Å². The summed E-state index contributed by atoms with van der Waals surface area (Å²) >= 11 is 0. The van der Waals surface area contributed by atoms with Crippen molar-refractivity contribution in [2.45, 2.75) is 6.42 Å². The fourth-order valence-corrected chi connectivity index (χ4v) is 1.66. The second-order valence-corrected chi connectivity index (χ2v) is 4.06. The van der Waals surface area contributed by atoms with Crippen LogP contribution in [-0.2, 0) is 6.42 Å². The molecule has 0 saturated heterocycles. The van der Waals surface area contributed by atoms with Gasteiger partial charge in [0, 0.05) is 18.8 Å². The van der Waals surface area contributed by atoms with E-state index in [1.54, 1.807) is 24.3 Å². The smallest absolute Gasteiger partial charge is 0.169 e. The van der Waals surface area contributed by atoms with E-state index < -0.39 is 11.6 Å². The molecule has 0 fully saturated rings. The number of nitrogens with zero attached hydrogens (tertiary/aromatic N) is 2. The summed E-state index contributed by atoms with van der Waals surface area (Å²) in [5.41, 5.74) is 1.47. The largest absolute Gasteiger partial charge is 0.371 e. The summed E-state index contributed by atoms with van der Waals surface area (Å²) in [6, 6.07) is 9.73. The van der Waals surface area contributed by atoms with Crippen LogP contribution in [-0.4, -0.2) is 12.0 Å². The summed E-state index contributed by atoms with van der Waals surface area (Å²) < 4.78 is 26.9. The highest BCUT2D eigenvalue weighted by Crippen LogP contribution is 2.22. The van der Waals surface area contributed by atoms with Crippen LogP contribution in [0.2, 0.25) is 0 Å². The maximum Gasteiger partial charge on any atom is 0.169 e. The highest BCUT2D eigenvalue weighted by molar-refractivity contribution is 5.59. The summed E-state index contributed by atoms with van der Waals surface area (Å²) in [6.45, 7) is 0. The number of nitriles is 1. The fraction of sp³-hybridized carbons (Fsp3) is 0.143.